The van der Waals surface area contributed by atoms with Crippen molar-refractivity contribution in [3.05, 3.63) is 30.3 Å². The van der Waals surface area contributed by atoms with Crippen LogP contribution in [0.25, 0.3) is 0 Å². The molecule has 0 aliphatic carbocycles. The van der Waals surface area contributed by atoms with Crippen LogP contribution < -0.4 is 4.90 Å². The van der Waals surface area contributed by atoms with Gasteiger partial charge in [-0.2, -0.15) is 5.26 Å². The van der Waals surface area contributed by atoms with Crippen LogP contribution >= 0.6 is 12.6 Å². The number of carbonyl (C=O) groups is 1. The fraction of sp³-hybridized carbons (Fsp3) is 0.200. The summed E-state index contributed by atoms with van der Waals surface area (Å²) in [5.41, 5.74) is 0.766. The molecule has 1 aromatic rings. The first-order valence-corrected chi connectivity index (χ1v) is 4.63. The number of rotatable bonds is 3. The maximum Gasteiger partial charge on any atom is 0.283 e. The van der Waals surface area contributed by atoms with Gasteiger partial charge in [0.1, 0.15) is 0 Å². The molecule has 0 heterocycles. The highest BCUT2D eigenvalue weighted by Gasteiger charge is 2.10. The van der Waals surface area contributed by atoms with E-state index in [-0.39, 0.29) is 5.24 Å². The SMILES string of the molecule is N#CCCN(C(=O)S)c1ccccc1. The van der Waals surface area contributed by atoms with E-state index >= 15 is 0 Å². The van der Waals surface area contributed by atoms with Crippen molar-refractivity contribution >= 4 is 23.6 Å². The van der Waals surface area contributed by atoms with E-state index in [2.05, 4.69) is 12.6 Å². The minimum atomic E-state index is -0.341. The molecule has 0 aliphatic rings. The molecule has 1 amide bonds. The number of amides is 1. The lowest BCUT2D eigenvalue weighted by Crippen LogP contribution is -2.26. The lowest BCUT2D eigenvalue weighted by molar-refractivity contribution is 0.265. The summed E-state index contributed by atoms with van der Waals surface area (Å²) in [5, 5.41) is 8.09. The number of benzene rings is 1. The van der Waals surface area contributed by atoms with Crippen LogP contribution in [0.2, 0.25) is 0 Å². The van der Waals surface area contributed by atoms with Gasteiger partial charge >= 0.3 is 0 Å². The summed E-state index contributed by atoms with van der Waals surface area (Å²) in [6, 6.07) is 11.2. The van der Waals surface area contributed by atoms with Crippen molar-refractivity contribution in [1.29, 1.82) is 5.26 Å². The maximum atomic E-state index is 11.1. The van der Waals surface area contributed by atoms with Gasteiger partial charge in [0.15, 0.2) is 0 Å². The zero-order valence-electron chi connectivity index (χ0n) is 7.55. The number of nitriles is 1. The van der Waals surface area contributed by atoms with Gasteiger partial charge in [-0.25, -0.2) is 0 Å². The van der Waals surface area contributed by atoms with E-state index in [1.165, 1.54) is 4.90 Å². The summed E-state index contributed by atoms with van der Waals surface area (Å²) < 4.78 is 0. The molecule has 0 radical (unpaired) electrons. The Labute approximate surface area is 88.4 Å². The summed E-state index contributed by atoms with van der Waals surface area (Å²) in [6.07, 6.45) is 0.307. The number of anilines is 1. The van der Waals surface area contributed by atoms with Gasteiger partial charge < -0.3 is 4.90 Å². The highest BCUT2D eigenvalue weighted by Crippen LogP contribution is 2.15. The Morgan fingerprint density at radius 1 is 1.43 bits per heavy atom. The first-order valence-electron chi connectivity index (χ1n) is 4.18. The van der Waals surface area contributed by atoms with Gasteiger partial charge in [-0.1, -0.05) is 30.8 Å². The second-order valence-corrected chi connectivity index (χ2v) is 3.06. The Balaban J connectivity index is 2.79. The minimum Gasteiger partial charge on any atom is -0.302 e. The number of para-hydroxylation sites is 1. The van der Waals surface area contributed by atoms with E-state index in [1.54, 1.807) is 0 Å². The molecule has 0 bridgehead atoms. The highest BCUT2D eigenvalue weighted by molar-refractivity contribution is 7.96. The Morgan fingerprint density at radius 2 is 2.07 bits per heavy atom. The first kappa shape index (κ1) is 10.6. The maximum absolute atomic E-state index is 11.1. The summed E-state index contributed by atoms with van der Waals surface area (Å²) in [6.45, 7) is 0.378. The third-order valence-electron chi connectivity index (χ3n) is 1.75. The largest absolute Gasteiger partial charge is 0.302 e. The number of thiol groups is 1. The average Bonchev–Trinajstić information content (AvgIpc) is 2.19. The number of hydrogen-bond acceptors (Lipinski definition) is 2. The van der Waals surface area contributed by atoms with Gasteiger partial charge in [0.2, 0.25) is 0 Å². The van der Waals surface area contributed by atoms with Crippen LogP contribution in [0.4, 0.5) is 10.5 Å². The standard InChI is InChI=1S/C10H10N2OS/c11-7-4-8-12(10(13)14)9-5-2-1-3-6-9/h1-3,5-6H,4,8H2,(H,13,14). The van der Waals surface area contributed by atoms with E-state index in [0.717, 1.165) is 5.69 Å². The number of carbonyl (C=O) groups excluding carboxylic acids is 1. The van der Waals surface area contributed by atoms with Gasteiger partial charge in [-0.15, -0.1) is 0 Å². The molecular formula is C10H10N2OS. The average molecular weight is 206 g/mol. The number of hydrogen-bond donors (Lipinski definition) is 1. The molecule has 0 fully saturated rings. The van der Waals surface area contributed by atoms with Gasteiger partial charge in [0, 0.05) is 12.2 Å². The van der Waals surface area contributed by atoms with Gasteiger partial charge in [-0.05, 0) is 12.1 Å². The third-order valence-corrected chi connectivity index (χ3v) is 1.99. The van der Waals surface area contributed by atoms with E-state index in [9.17, 15) is 4.79 Å². The zero-order valence-corrected chi connectivity index (χ0v) is 8.45. The molecule has 0 unspecified atom stereocenters. The molecule has 0 saturated heterocycles. The van der Waals surface area contributed by atoms with Crippen molar-refractivity contribution in [1.82, 2.24) is 0 Å². The zero-order chi connectivity index (χ0) is 10.4. The normalized spacial score (nSPS) is 9.14. The Morgan fingerprint density at radius 3 is 2.57 bits per heavy atom. The van der Waals surface area contributed by atoms with Crippen molar-refractivity contribution in [2.45, 2.75) is 6.42 Å². The summed E-state index contributed by atoms with van der Waals surface area (Å²) in [5.74, 6) is 0. The minimum absolute atomic E-state index is 0.307. The van der Waals surface area contributed by atoms with Crippen molar-refractivity contribution < 1.29 is 4.79 Å². The fourth-order valence-electron chi connectivity index (χ4n) is 1.10. The second-order valence-electron chi connectivity index (χ2n) is 2.68. The smallest absolute Gasteiger partial charge is 0.283 e. The molecule has 3 nitrogen and oxygen atoms in total. The van der Waals surface area contributed by atoms with Crippen LogP contribution in [-0.2, 0) is 0 Å². The second kappa shape index (κ2) is 5.30. The highest BCUT2D eigenvalue weighted by atomic mass is 32.1. The summed E-state index contributed by atoms with van der Waals surface area (Å²) >= 11 is 3.75. The van der Waals surface area contributed by atoms with E-state index in [0.29, 0.717) is 13.0 Å². The molecule has 1 rings (SSSR count). The lowest BCUT2D eigenvalue weighted by Gasteiger charge is -2.18. The topological polar surface area (TPSA) is 44.1 Å². The quantitative estimate of drug-likeness (QED) is 0.772. The Hall–Kier alpha value is -1.47. The fourth-order valence-corrected chi connectivity index (χ4v) is 1.32. The van der Waals surface area contributed by atoms with Crippen LogP contribution in [0.1, 0.15) is 6.42 Å². The molecule has 4 heteroatoms. The molecule has 0 spiro atoms. The van der Waals surface area contributed by atoms with E-state index in [4.69, 9.17) is 5.26 Å². The van der Waals surface area contributed by atoms with Crippen molar-refractivity contribution in [3.63, 3.8) is 0 Å². The predicted octanol–water partition coefficient (Wildman–Crippen LogP) is 2.46. The Kier molecular flexibility index (Phi) is 4.02. The van der Waals surface area contributed by atoms with E-state index in [1.807, 2.05) is 36.4 Å². The van der Waals surface area contributed by atoms with Crippen molar-refractivity contribution in [2.75, 3.05) is 11.4 Å². The molecular weight excluding hydrogens is 196 g/mol. The van der Waals surface area contributed by atoms with Crippen LogP contribution in [0.3, 0.4) is 0 Å². The molecule has 0 N–H and O–H groups in total. The Bertz CT molecular complexity index is 345. The predicted molar refractivity (Wildman–Crippen MR) is 58.4 cm³/mol. The molecule has 0 saturated carbocycles. The summed E-state index contributed by atoms with van der Waals surface area (Å²) in [7, 11) is 0. The molecule has 14 heavy (non-hydrogen) atoms. The molecule has 72 valence electrons. The van der Waals surface area contributed by atoms with Crippen LogP contribution in [-0.4, -0.2) is 11.8 Å². The van der Waals surface area contributed by atoms with Gasteiger partial charge in [0.05, 0.1) is 12.5 Å². The third kappa shape index (κ3) is 2.79. The van der Waals surface area contributed by atoms with Gasteiger partial charge in [-0.3, -0.25) is 4.79 Å². The van der Waals surface area contributed by atoms with Crippen molar-refractivity contribution in [2.24, 2.45) is 0 Å². The van der Waals surface area contributed by atoms with Crippen molar-refractivity contribution in [3.8, 4) is 6.07 Å². The van der Waals surface area contributed by atoms with E-state index < -0.39 is 0 Å². The molecule has 0 aromatic heterocycles. The van der Waals surface area contributed by atoms with Crippen LogP contribution in [0.5, 0.6) is 0 Å². The van der Waals surface area contributed by atoms with Crippen LogP contribution in [0.15, 0.2) is 30.3 Å². The van der Waals surface area contributed by atoms with Crippen LogP contribution in [0, 0.1) is 11.3 Å². The number of nitrogens with zero attached hydrogens (tertiary/aromatic N) is 2. The summed E-state index contributed by atoms with van der Waals surface area (Å²) in [4.78, 5) is 12.6. The lowest BCUT2D eigenvalue weighted by atomic mass is 10.3. The monoisotopic (exact) mass is 206 g/mol. The molecule has 0 aliphatic heterocycles. The molecule has 1 aromatic carbocycles. The first-order chi connectivity index (χ1) is 6.75. The molecule has 0 atom stereocenters. The van der Waals surface area contributed by atoms with Gasteiger partial charge in [0.25, 0.3) is 5.24 Å².